The van der Waals surface area contributed by atoms with Gasteiger partial charge >= 0.3 is 0 Å². The molecule has 100 valence electrons. The lowest BCUT2D eigenvalue weighted by molar-refractivity contribution is -0.117. The Hall–Kier alpha value is -1.65. The number of hydrogen-bond donors (Lipinski definition) is 1. The molecule has 2 aromatic rings. The summed E-state index contributed by atoms with van der Waals surface area (Å²) in [5.74, 6) is -0.0552. The van der Waals surface area contributed by atoms with Gasteiger partial charge in [0.25, 0.3) is 0 Å². The third-order valence-corrected chi connectivity index (χ3v) is 3.87. The summed E-state index contributed by atoms with van der Waals surface area (Å²) in [7, 11) is 0. The summed E-state index contributed by atoms with van der Waals surface area (Å²) in [5.41, 5.74) is 8.76. The van der Waals surface area contributed by atoms with Crippen LogP contribution in [0.2, 0.25) is 0 Å². The lowest BCUT2D eigenvalue weighted by atomic mass is 10.1. The normalized spacial score (nSPS) is 10.5. The van der Waals surface area contributed by atoms with E-state index in [4.69, 9.17) is 5.73 Å². The second kappa shape index (κ2) is 5.99. The molecule has 0 bridgehead atoms. The van der Waals surface area contributed by atoms with Crippen molar-refractivity contribution in [2.24, 2.45) is 5.73 Å². The van der Waals surface area contributed by atoms with E-state index in [1.165, 1.54) is 5.56 Å². The second-order valence-electron chi connectivity index (χ2n) is 4.55. The van der Waals surface area contributed by atoms with Gasteiger partial charge in [0.05, 0.1) is 13.1 Å². The highest BCUT2D eigenvalue weighted by Gasteiger charge is 2.17. The SMILES string of the molecule is Cc1ccc(N(Cc2cccs2)C(=O)CN)c(C)c1. The van der Waals surface area contributed by atoms with Crippen molar-refractivity contribution in [1.82, 2.24) is 0 Å². The van der Waals surface area contributed by atoms with E-state index >= 15 is 0 Å². The van der Waals surface area contributed by atoms with Crippen LogP contribution >= 0.6 is 11.3 Å². The largest absolute Gasteiger partial charge is 0.322 e. The van der Waals surface area contributed by atoms with Gasteiger partial charge in [0, 0.05) is 10.6 Å². The van der Waals surface area contributed by atoms with Crippen LogP contribution in [0.3, 0.4) is 0 Å². The average molecular weight is 274 g/mol. The first-order valence-corrected chi connectivity index (χ1v) is 7.10. The predicted molar refractivity (Wildman–Crippen MR) is 80.5 cm³/mol. The number of carbonyl (C=O) groups excluding carboxylic acids is 1. The maximum Gasteiger partial charge on any atom is 0.241 e. The Kier molecular flexibility index (Phi) is 4.35. The average Bonchev–Trinajstić information content (AvgIpc) is 2.89. The molecule has 3 nitrogen and oxygen atoms in total. The number of thiophene rings is 1. The molecule has 0 radical (unpaired) electrons. The Labute approximate surface area is 117 Å². The van der Waals surface area contributed by atoms with Crippen molar-refractivity contribution in [2.75, 3.05) is 11.4 Å². The molecular formula is C15H18N2OS. The van der Waals surface area contributed by atoms with Crippen LogP contribution in [0.15, 0.2) is 35.7 Å². The molecule has 2 rings (SSSR count). The monoisotopic (exact) mass is 274 g/mol. The van der Waals surface area contributed by atoms with E-state index in [9.17, 15) is 4.79 Å². The molecule has 19 heavy (non-hydrogen) atoms. The summed E-state index contributed by atoms with van der Waals surface area (Å²) in [4.78, 5) is 15.0. The van der Waals surface area contributed by atoms with Gasteiger partial charge in [0.1, 0.15) is 0 Å². The van der Waals surface area contributed by atoms with Crippen molar-refractivity contribution >= 4 is 22.9 Å². The summed E-state index contributed by atoms with van der Waals surface area (Å²) >= 11 is 1.65. The van der Waals surface area contributed by atoms with Crippen molar-refractivity contribution in [1.29, 1.82) is 0 Å². The Balaban J connectivity index is 2.34. The molecule has 1 aromatic carbocycles. The molecule has 4 heteroatoms. The smallest absolute Gasteiger partial charge is 0.241 e. The van der Waals surface area contributed by atoms with Crippen LogP contribution in [0, 0.1) is 13.8 Å². The zero-order valence-corrected chi connectivity index (χ0v) is 12.0. The fraction of sp³-hybridized carbons (Fsp3) is 0.267. The number of hydrogen-bond acceptors (Lipinski definition) is 3. The van der Waals surface area contributed by atoms with Gasteiger partial charge in [-0.1, -0.05) is 23.8 Å². The number of anilines is 1. The standard InChI is InChI=1S/C15H18N2OS/c1-11-5-6-14(12(2)8-11)17(15(18)9-16)10-13-4-3-7-19-13/h3-8H,9-10,16H2,1-2H3. The number of nitrogens with two attached hydrogens (primary N) is 1. The van der Waals surface area contributed by atoms with Gasteiger partial charge in [0.15, 0.2) is 0 Å². The van der Waals surface area contributed by atoms with Crippen LogP contribution in [0.25, 0.3) is 0 Å². The quantitative estimate of drug-likeness (QED) is 0.932. The summed E-state index contributed by atoms with van der Waals surface area (Å²) in [5, 5.41) is 2.02. The molecule has 1 amide bonds. The number of aryl methyl sites for hydroxylation is 2. The van der Waals surface area contributed by atoms with Crippen molar-refractivity contribution in [3.8, 4) is 0 Å². The van der Waals surface area contributed by atoms with Crippen LogP contribution in [-0.2, 0) is 11.3 Å². The Morgan fingerprint density at radius 1 is 1.32 bits per heavy atom. The molecule has 0 atom stereocenters. The third-order valence-electron chi connectivity index (χ3n) is 3.01. The third kappa shape index (κ3) is 3.22. The summed E-state index contributed by atoms with van der Waals surface area (Å²) < 4.78 is 0. The minimum atomic E-state index is -0.0552. The van der Waals surface area contributed by atoms with E-state index in [0.29, 0.717) is 6.54 Å². The van der Waals surface area contributed by atoms with Crippen LogP contribution in [0.4, 0.5) is 5.69 Å². The molecular weight excluding hydrogens is 256 g/mol. The summed E-state index contributed by atoms with van der Waals surface area (Å²) in [6.07, 6.45) is 0. The first-order valence-electron chi connectivity index (χ1n) is 6.22. The molecule has 0 aliphatic carbocycles. The number of benzene rings is 1. The fourth-order valence-electron chi connectivity index (χ4n) is 2.08. The van der Waals surface area contributed by atoms with Crippen molar-refractivity contribution < 1.29 is 4.79 Å². The van der Waals surface area contributed by atoms with Gasteiger partial charge in [-0.3, -0.25) is 4.79 Å². The number of nitrogens with zero attached hydrogens (tertiary/aromatic N) is 1. The van der Waals surface area contributed by atoms with Crippen LogP contribution in [0.1, 0.15) is 16.0 Å². The highest BCUT2D eigenvalue weighted by atomic mass is 32.1. The van der Waals surface area contributed by atoms with Crippen molar-refractivity contribution in [3.63, 3.8) is 0 Å². The van der Waals surface area contributed by atoms with Gasteiger partial charge < -0.3 is 10.6 Å². The van der Waals surface area contributed by atoms with Gasteiger partial charge in [-0.05, 0) is 36.9 Å². The molecule has 0 aliphatic rings. The van der Waals surface area contributed by atoms with Gasteiger partial charge in [-0.15, -0.1) is 11.3 Å². The lowest BCUT2D eigenvalue weighted by Gasteiger charge is -2.23. The van der Waals surface area contributed by atoms with E-state index in [1.54, 1.807) is 16.2 Å². The topological polar surface area (TPSA) is 46.3 Å². The van der Waals surface area contributed by atoms with Crippen molar-refractivity contribution in [2.45, 2.75) is 20.4 Å². The van der Waals surface area contributed by atoms with E-state index in [-0.39, 0.29) is 12.5 Å². The first-order chi connectivity index (χ1) is 9.11. The van der Waals surface area contributed by atoms with Crippen molar-refractivity contribution in [3.05, 3.63) is 51.7 Å². The molecule has 1 aromatic heterocycles. The molecule has 0 saturated carbocycles. The molecule has 0 spiro atoms. The molecule has 0 fully saturated rings. The number of amides is 1. The minimum Gasteiger partial charge on any atom is -0.322 e. The van der Waals surface area contributed by atoms with E-state index in [2.05, 4.69) is 6.07 Å². The number of carbonyl (C=O) groups is 1. The highest BCUT2D eigenvalue weighted by molar-refractivity contribution is 7.09. The molecule has 0 aliphatic heterocycles. The van der Waals surface area contributed by atoms with Crippen LogP contribution < -0.4 is 10.6 Å². The minimum absolute atomic E-state index is 0.0265. The second-order valence-corrected chi connectivity index (χ2v) is 5.59. The van der Waals surface area contributed by atoms with Gasteiger partial charge in [0.2, 0.25) is 5.91 Å². The Morgan fingerprint density at radius 3 is 2.68 bits per heavy atom. The highest BCUT2D eigenvalue weighted by Crippen LogP contribution is 2.24. The Bertz CT molecular complexity index is 564. The molecule has 2 N–H and O–H groups in total. The van der Waals surface area contributed by atoms with Gasteiger partial charge in [-0.25, -0.2) is 0 Å². The molecule has 1 heterocycles. The van der Waals surface area contributed by atoms with E-state index in [1.807, 2.05) is 43.5 Å². The summed E-state index contributed by atoms with van der Waals surface area (Å²) in [6, 6.07) is 10.1. The summed E-state index contributed by atoms with van der Waals surface area (Å²) in [6.45, 7) is 4.68. The van der Waals surface area contributed by atoms with Crippen LogP contribution in [0.5, 0.6) is 0 Å². The van der Waals surface area contributed by atoms with E-state index in [0.717, 1.165) is 16.1 Å². The van der Waals surface area contributed by atoms with E-state index < -0.39 is 0 Å². The molecule has 0 unspecified atom stereocenters. The lowest BCUT2D eigenvalue weighted by Crippen LogP contribution is -2.35. The maximum absolute atomic E-state index is 12.1. The molecule has 0 saturated heterocycles. The van der Waals surface area contributed by atoms with Gasteiger partial charge in [-0.2, -0.15) is 0 Å². The first kappa shape index (κ1) is 13.8. The van der Waals surface area contributed by atoms with Crippen LogP contribution in [-0.4, -0.2) is 12.5 Å². The maximum atomic E-state index is 12.1. The zero-order valence-electron chi connectivity index (χ0n) is 11.2. The zero-order chi connectivity index (χ0) is 13.8. The Morgan fingerprint density at radius 2 is 2.11 bits per heavy atom. The number of rotatable bonds is 4. The predicted octanol–water partition coefficient (Wildman–Crippen LogP) is 2.86. The fourth-order valence-corrected chi connectivity index (χ4v) is 2.78.